The second-order valence-electron chi connectivity index (χ2n) is 4.00. The van der Waals surface area contributed by atoms with E-state index in [1.807, 2.05) is 30.3 Å². The topological polar surface area (TPSA) is 85.8 Å². The van der Waals surface area contributed by atoms with Crippen molar-refractivity contribution in [1.82, 2.24) is 25.5 Å². The lowest BCUT2D eigenvalue weighted by Crippen LogP contribution is -2.24. The van der Waals surface area contributed by atoms with Crippen LogP contribution in [0.2, 0.25) is 0 Å². The maximum Gasteiger partial charge on any atom is 0.287 e. The predicted octanol–water partition coefficient (Wildman–Crippen LogP) is 1.19. The number of nitrogens with one attached hydrogen (secondary N) is 1. The molecule has 3 aromatic rings. The largest absolute Gasteiger partial charge is 0.459 e. The number of nitrogens with zero attached hydrogens (tertiary/aromatic N) is 4. The molecule has 7 nitrogen and oxygen atoms in total. The zero-order valence-electron chi connectivity index (χ0n) is 10.4. The highest BCUT2D eigenvalue weighted by atomic mass is 16.3. The smallest absolute Gasteiger partial charge is 0.287 e. The minimum absolute atomic E-state index is 0.210. The number of hydrogen-bond acceptors (Lipinski definition) is 5. The van der Waals surface area contributed by atoms with Gasteiger partial charge in [0.15, 0.2) is 11.6 Å². The average molecular weight is 269 g/mol. The van der Waals surface area contributed by atoms with Gasteiger partial charge in [-0.15, -0.1) is 5.10 Å². The number of hydrogen-bond donors (Lipinski definition) is 1. The van der Waals surface area contributed by atoms with Crippen molar-refractivity contribution in [3.05, 3.63) is 60.3 Å². The van der Waals surface area contributed by atoms with Gasteiger partial charge in [-0.1, -0.05) is 18.2 Å². The summed E-state index contributed by atoms with van der Waals surface area (Å²) in [5.74, 6) is 0.484. The summed E-state index contributed by atoms with van der Waals surface area (Å²) in [6.07, 6.45) is 1.45. The molecule has 0 radical (unpaired) electrons. The molecule has 0 atom stereocenters. The molecule has 7 heteroatoms. The van der Waals surface area contributed by atoms with Crippen molar-refractivity contribution in [1.29, 1.82) is 0 Å². The van der Waals surface area contributed by atoms with Gasteiger partial charge in [0.2, 0.25) is 0 Å². The first-order valence-corrected chi connectivity index (χ1v) is 5.99. The quantitative estimate of drug-likeness (QED) is 0.768. The van der Waals surface area contributed by atoms with Crippen molar-refractivity contribution in [3.8, 4) is 5.69 Å². The van der Waals surface area contributed by atoms with E-state index in [1.54, 1.807) is 16.8 Å². The highest BCUT2D eigenvalue weighted by Gasteiger charge is 2.12. The third-order valence-corrected chi connectivity index (χ3v) is 2.69. The zero-order chi connectivity index (χ0) is 13.8. The molecular formula is C13H11N5O2. The fraction of sp³-hybridized carbons (Fsp3) is 0.0769. The number of para-hydroxylation sites is 1. The maximum atomic E-state index is 11.8. The number of carbonyl (C=O) groups excluding carboxylic acids is 1. The summed E-state index contributed by atoms with van der Waals surface area (Å²) in [4.78, 5) is 11.8. The number of benzene rings is 1. The molecule has 2 heterocycles. The van der Waals surface area contributed by atoms with Gasteiger partial charge in [-0.05, 0) is 34.7 Å². The number of amides is 1. The Bertz CT molecular complexity index is 691. The van der Waals surface area contributed by atoms with Gasteiger partial charge < -0.3 is 9.73 Å². The van der Waals surface area contributed by atoms with E-state index in [9.17, 15) is 4.79 Å². The SMILES string of the molecule is O=C(NCc1nnnn1-c1ccccc1)c1ccco1. The first kappa shape index (κ1) is 12.1. The van der Waals surface area contributed by atoms with Crippen LogP contribution in [0.15, 0.2) is 53.1 Å². The number of tetrazole rings is 1. The fourth-order valence-corrected chi connectivity index (χ4v) is 1.74. The van der Waals surface area contributed by atoms with E-state index in [0.29, 0.717) is 5.82 Å². The second-order valence-corrected chi connectivity index (χ2v) is 4.00. The minimum Gasteiger partial charge on any atom is -0.459 e. The summed E-state index contributed by atoms with van der Waals surface area (Å²) in [7, 11) is 0. The molecule has 0 unspecified atom stereocenters. The number of furan rings is 1. The van der Waals surface area contributed by atoms with Gasteiger partial charge in [0, 0.05) is 0 Å². The third-order valence-electron chi connectivity index (χ3n) is 2.69. The van der Waals surface area contributed by atoms with Crippen molar-refractivity contribution < 1.29 is 9.21 Å². The van der Waals surface area contributed by atoms with Crippen molar-refractivity contribution in [2.45, 2.75) is 6.54 Å². The van der Waals surface area contributed by atoms with E-state index >= 15 is 0 Å². The third kappa shape index (κ3) is 2.41. The molecule has 20 heavy (non-hydrogen) atoms. The number of carbonyl (C=O) groups is 1. The van der Waals surface area contributed by atoms with Gasteiger partial charge in [-0.3, -0.25) is 4.79 Å². The Hall–Kier alpha value is -2.96. The highest BCUT2D eigenvalue weighted by molar-refractivity contribution is 5.91. The highest BCUT2D eigenvalue weighted by Crippen LogP contribution is 2.07. The molecule has 0 saturated heterocycles. The molecule has 0 aliphatic carbocycles. The van der Waals surface area contributed by atoms with Crippen LogP contribution in [-0.4, -0.2) is 26.1 Å². The Morgan fingerprint density at radius 1 is 1.20 bits per heavy atom. The Morgan fingerprint density at radius 2 is 2.05 bits per heavy atom. The van der Waals surface area contributed by atoms with Crippen LogP contribution in [-0.2, 0) is 6.54 Å². The van der Waals surface area contributed by atoms with Crippen LogP contribution in [0.3, 0.4) is 0 Å². The number of aromatic nitrogens is 4. The van der Waals surface area contributed by atoms with Crippen molar-refractivity contribution in [2.24, 2.45) is 0 Å². The van der Waals surface area contributed by atoms with E-state index in [0.717, 1.165) is 5.69 Å². The van der Waals surface area contributed by atoms with E-state index in [4.69, 9.17) is 4.42 Å². The van der Waals surface area contributed by atoms with Crippen LogP contribution in [0.4, 0.5) is 0 Å². The Kier molecular flexibility index (Phi) is 3.24. The molecule has 2 aromatic heterocycles. The molecule has 0 bridgehead atoms. The molecule has 1 aromatic carbocycles. The first-order valence-electron chi connectivity index (χ1n) is 5.99. The van der Waals surface area contributed by atoms with E-state index in [2.05, 4.69) is 20.8 Å². The molecule has 1 amide bonds. The first-order chi connectivity index (χ1) is 9.84. The number of rotatable bonds is 4. The second kappa shape index (κ2) is 5.35. The van der Waals surface area contributed by atoms with Crippen LogP contribution in [0.5, 0.6) is 0 Å². The summed E-state index contributed by atoms with van der Waals surface area (Å²) >= 11 is 0. The molecule has 0 spiro atoms. The predicted molar refractivity (Wildman–Crippen MR) is 69.0 cm³/mol. The van der Waals surface area contributed by atoms with Crippen LogP contribution in [0.1, 0.15) is 16.4 Å². The summed E-state index contributed by atoms with van der Waals surface area (Å²) in [6.45, 7) is 0.210. The Morgan fingerprint density at radius 3 is 2.80 bits per heavy atom. The molecule has 1 N–H and O–H groups in total. The zero-order valence-corrected chi connectivity index (χ0v) is 10.4. The summed E-state index contributed by atoms with van der Waals surface area (Å²) < 4.78 is 6.58. The van der Waals surface area contributed by atoms with Crippen LogP contribution in [0.25, 0.3) is 5.69 Å². The van der Waals surface area contributed by atoms with Gasteiger partial charge in [0.25, 0.3) is 5.91 Å². The van der Waals surface area contributed by atoms with E-state index < -0.39 is 0 Å². The molecule has 3 rings (SSSR count). The van der Waals surface area contributed by atoms with E-state index in [1.165, 1.54) is 6.26 Å². The standard InChI is InChI=1S/C13H11N5O2/c19-13(11-7-4-8-20-11)14-9-12-15-16-17-18(12)10-5-2-1-3-6-10/h1-8H,9H2,(H,14,19). The molecular weight excluding hydrogens is 258 g/mol. The van der Waals surface area contributed by atoms with Crippen molar-refractivity contribution >= 4 is 5.91 Å². The maximum absolute atomic E-state index is 11.8. The molecule has 0 fully saturated rings. The van der Waals surface area contributed by atoms with Crippen molar-refractivity contribution in [2.75, 3.05) is 0 Å². The molecule has 0 aliphatic rings. The van der Waals surface area contributed by atoms with Crippen molar-refractivity contribution in [3.63, 3.8) is 0 Å². The van der Waals surface area contributed by atoms with Crippen LogP contribution < -0.4 is 5.32 Å². The van der Waals surface area contributed by atoms with Gasteiger partial charge in [0.1, 0.15) is 0 Å². The monoisotopic (exact) mass is 269 g/mol. The lowest BCUT2D eigenvalue weighted by molar-refractivity contribution is 0.0922. The summed E-state index contributed by atoms with van der Waals surface area (Å²) in [5, 5.41) is 14.1. The minimum atomic E-state index is -0.308. The van der Waals surface area contributed by atoms with Gasteiger partial charge >= 0.3 is 0 Å². The summed E-state index contributed by atoms with van der Waals surface area (Å²) in [6, 6.07) is 12.7. The Labute approximate surface area is 114 Å². The lowest BCUT2D eigenvalue weighted by atomic mass is 10.3. The molecule has 0 aliphatic heterocycles. The fourth-order valence-electron chi connectivity index (χ4n) is 1.74. The van der Waals surface area contributed by atoms with Crippen LogP contribution >= 0.6 is 0 Å². The average Bonchev–Trinajstić information content (AvgIpc) is 3.17. The van der Waals surface area contributed by atoms with Gasteiger partial charge in [-0.25, -0.2) is 0 Å². The molecule has 100 valence electrons. The lowest BCUT2D eigenvalue weighted by Gasteiger charge is -2.05. The molecule has 0 saturated carbocycles. The normalized spacial score (nSPS) is 10.4. The Balaban J connectivity index is 1.73. The summed E-state index contributed by atoms with van der Waals surface area (Å²) in [5.41, 5.74) is 0.833. The van der Waals surface area contributed by atoms with E-state index in [-0.39, 0.29) is 18.2 Å². The van der Waals surface area contributed by atoms with Crippen LogP contribution in [0, 0.1) is 0 Å². The van der Waals surface area contributed by atoms with Gasteiger partial charge in [-0.2, -0.15) is 4.68 Å². The van der Waals surface area contributed by atoms with Gasteiger partial charge in [0.05, 0.1) is 18.5 Å².